The van der Waals surface area contributed by atoms with E-state index in [2.05, 4.69) is 25.8 Å². The number of aryl methyl sites for hydroxylation is 1. The van der Waals surface area contributed by atoms with Crippen molar-refractivity contribution >= 4 is 11.7 Å². The molecule has 0 aliphatic carbocycles. The number of carbonyl (C=O) groups is 1. The predicted octanol–water partition coefficient (Wildman–Crippen LogP) is 2.76. The fraction of sp³-hybridized carbons (Fsp3) is 0.167. The summed E-state index contributed by atoms with van der Waals surface area (Å²) < 4.78 is 13.4. The molecule has 0 saturated heterocycles. The molecule has 128 valence electrons. The predicted molar refractivity (Wildman–Crippen MR) is 93.8 cm³/mol. The SMILES string of the molecule is Cc1cccnc1NCCNC(=O)c1cn[nH]c1-c1cccc(F)c1. The first-order valence-electron chi connectivity index (χ1n) is 7.88. The Labute approximate surface area is 144 Å². The molecule has 0 spiro atoms. The van der Waals surface area contributed by atoms with Crippen molar-refractivity contribution in [1.82, 2.24) is 20.5 Å². The van der Waals surface area contributed by atoms with Gasteiger partial charge in [0.05, 0.1) is 17.5 Å². The van der Waals surface area contributed by atoms with Crippen molar-refractivity contribution in [3.63, 3.8) is 0 Å². The van der Waals surface area contributed by atoms with E-state index in [1.165, 1.54) is 18.3 Å². The number of carbonyl (C=O) groups excluding carboxylic acids is 1. The number of pyridine rings is 1. The van der Waals surface area contributed by atoms with Gasteiger partial charge in [0.2, 0.25) is 0 Å². The summed E-state index contributed by atoms with van der Waals surface area (Å²) in [6, 6.07) is 9.85. The van der Waals surface area contributed by atoms with Gasteiger partial charge in [-0.15, -0.1) is 0 Å². The third kappa shape index (κ3) is 4.00. The van der Waals surface area contributed by atoms with Gasteiger partial charge in [0.15, 0.2) is 0 Å². The lowest BCUT2D eigenvalue weighted by atomic mass is 10.1. The Morgan fingerprint density at radius 3 is 2.92 bits per heavy atom. The van der Waals surface area contributed by atoms with Crippen molar-refractivity contribution in [3.05, 3.63) is 65.7 Å². The Balaban J connectivity index is 1.59. The Bertz CT molecular complexity index is 877. The van der Waals surface area contributed by atoms with Gasteiger partial charge in [0.1, 0.15) is 11.6 Å². The highest BCUT2D eigenvalue weighted by Gasteiger charge is 2.15. The summed E-state index contributed by atoms with van der Waals surface area (Å²) in [4.78, 5) is 16.6. The van der Waals surface area contributed by atoms with E-state index in [4.69, 9.17) is 0 Å². The second kappa shape index (κ2) is 7.57. The first kappa shape index (κ1) is 16.6. The topological polar surface area (TPSA) is 82.7 Å². The van der Waals surface area contributed by atoms with Crippen LogP contribution in [0, 0.1) is 12.7 Å². The van der Waals surface area contributed by atoms with Crippen molar-refractivity contribution in [1.29, 1.82) is 0 Å². The molecule has 0 aliphatic heterocycles. The number of hydrogen-bond donors (Lipinski definition) is 3. The van der Waals surface area contributed by atoms with E-state index in [-0.39, 0.29) is 11.7 Å². The minimum atomic E-state index is -0.367. The Morgan fingerprint density at radius 1 is 1.24 bits per heavy atom. The number of rotatable bonds is 6. The van der Waals surface area contributed by atoms with Gasteiger partial charge in [-0.25, -0.2) is 9.37 Å². The molecular formula is C18H18FN5O. The molecule has 1 aromatic carbocycles. The van der Waals surface area contributed by atoms with Crippen LogP contribution in [0.5, 0.6) is 0 Å². The van der Waals surface area contributed by atoms with Gasteiger partial charge in [0, 0.05) is 24.8 Å². The van der Waals surface area contributed by atoms with Gasteiger partial charge in [-0.3, -0.25) is 9.89 Å². The van der Waals surface area contributed by atoms with Gasteiger partial charge in [-0.2, -0.15) is 5.10 Å². The van der Waals surface area contributed by atoms with Gasteiger partial charge in [-0.05, 0) is 30.7 Å². The van der Waals surface area contributed by atoms with Crippen LogP contribution in [0.4, 0.5) is 10.2 Å². The van der Waals surface area contributed by atoms with E-state index >= 15 is 0 Å². The van der Waals surface area contributed by atoms with E-state index in [0.717, 1.165) is 11.4 Å². The first-order chi connectivity index (χ1) is 12.1. The lowest BCUT2D eigenvalue weighted by Crippen LogP contribution is -2.29. The molecule has 25 heavy (non-hydrogen) atoms. The largest absolute Gasteiger partial charge is 0.368 e. The molecule has 2 aromatic heterocycles. The van der Waals surface area contributed by atoms with Gasteiger partial charge in [-0.1, -0.05) is 18.2 Å². The maximum absolute atomic E-state index is 13.4. The Kier molecular flexibility index (Phi) is 5.03. The van der Waals surface area contributed by atoms with Crippen molar-refractivity contribution in [2.24, 2.45) is 0 Å². The number of amides is 1. The molecule has 3 rings (SSSR count). The number of halogens is 1. The van der Waals surface area contributed by atoms with Gasteiger partial charge in [0.25, 0.3) is 5.91 Å². The van der Waals surface area contributed by atoms with Gasteiger partial charge < -0.3 is 10.6 Å². The van der Waals surface area contributed by atoms with Crippen LogP contribution in [-0.4, -0.2) is 34.2 Å². The zero-order valence-electron chi connectivity index (χ0n) is 13.7. The molecular weight excluding hydrogens is 321 g/mol. The minimum absolute atomic E-state index is 0.271. The molecule has 0 saturated carbocycles. The van der Waals surface area contributed by atoms with E-state index in [0.29, 0.717) is 29.9 Å². The maximum atomic E-state index is 13.4. The van der Waals surface area contributed by atoms with Crippen LogP contribution in [0.2, 0.25) is 0 Å². The molecule has 3 aromatic rings. The fourth-order valence-electron chi connectivity index (χ4n) is 2.45. The highest BCUT2D eigenvalue weighted by atomic mass is 19.1. The summed E-state index contributed by atoms with van der Waals surface area (Å²) in [7, 11) is 0. The molecule has 0 bridgehead atoms. The van der Waals surface area contributed by atoms with Crippen LogP contribution < -0.4 is 10.6 Å². The van der Waals surface area contributed by atoms with Crippen molar-refractivity contribution in [2.75, 3.05) is 18.4 Å². The summed E-state index contributed by atoms with van der Waals surface area (Å²) in [6.45, 7) is 2.92. The molecule has 0 atom stereocenters. The molecule has 1 amide bonds. The van der Waals surface area contributed by atoms with Crippen LogP contribution in [0.25, 0.3) is 11.3 Å². The maximum Gasteiger partial charge on any atom is 0.255 e. The molecule has 0 radical (unpaired) electrons. The molecule has 0 aliphatic rings. The number of aromatic nitrogens is 3. The number of nitrogens with zero attached hydrogens (tertiary/aromatic N) is 2. The number of hydrogen-bond acceptors (Lipinski definition) is 4. The fourth-order valence-corrected chi connectivity index (χ4v) is 2.45. The number of nitrogens with one attached hydrogen (secondary N) is 3. The van der Waals surface area contributed by atoms with Crippen LogP contribution in [0.15, 0.2) is 48.8 Å². The van der Waals surface area contributed by atoms with Crippen LogP contribution in [-0.2, 0) is 0 Å². The van der Waals surface area contributed by atoms with E-state index in [1.54, 1.807) is 18.3 Å². The quantitative estimate of drug-likeness (QED) is 0.603. The summed E-state index contributed by atoms with van der Waals surface area (Å²) in [6.07, 6.45) is 3.15. The standard InChI is InChI=1S/C18H18FN5O/c1-12-4-3-7-20-17(12)21-8-9-22-18(25)15-11-23-24-16(15)13-5-2-6-14(19)10-13/h2-7,10-11H,8-9H2,1H3,(H,20,21)(H,22,25)(H,23,24). The van der Waals surface area contributed by atoms with E-state index in [9.17, 15) is 9.18 Å². The summed E-state index contributed by atoms with van der Waals surface area (Å²) in [5, 5.41) is 12.6. The van der Waals surface area contributed by atoms with Crippen molar-refractivity contribution in [3.8, 4) is 11.3 Å². The van der Waals surface area contributed by atoms with E-state index in [1.807, 2.05) is 19.1 Å². The Morgan fingerprint density at radius 2 is 2.12 bits per heavy atom. The monoisotopic (exact) mass is 339 g/mol. The third-order valence-corrected chi connectivity index (χ3v) is 3.71. The van der Waals surface area contributed by atoms with Crippen LogP contribution >= 0.6 is 0 Å². The first-order valence-corrected chi connectivity index (χ1v) is 7.88. The Hall–Kier alpha value is -3.22. The molecule has 0 unspecified atom stereocenters. The van der Waals surface area contributed by atoms with Crippen LogP contribution in [0.3, 0.4) is 0 Å². The second-order valence-corrected chi connectivity index (χ2v) is 5.52. The number of benzene rings is 1. The smallest absolute Gasteiger partial charge is 0.255 e. The average molecular weight is 339 g/mol. The molecule has 7 heteroatoms. The molecule has 2 heterocycles. The summed E-state index contributed by atoms with van der Waals surface area (Å²) in [5.74, 6) is 0.154. The number of anilines is 1. The normalized spacial score (nSPS) is 10.5. The zero-order chi connectivity index (χ0) is 17.6. The minimum Gasteiger partial charge on any atom is -0.368 e. The van der Waals surface area contributed by atoms with Crippen LogP contribution in [0.1, 0.15) is 15.9 Å². The molecule has 3 N–H and O–H groups in total. The highest BCUT2D eigenvalue weighted by molar-refractivity contribution is 5.99. The average Bonchev–Trinajstić information content (AvgIpc) is 3.10. The second-order valence-electron chi connectivity index (χ2n) is 5.52. The highest BCUT2D eigenvalue weighted by Crippen LogP contribution is 2.21. The molecule has 0 fully saturated rings. The zero-order valence-corrected chi connectivity index (χ0v) is 13.7. The summed E-state index contributed by atoms with van der Waals surface area (Å²) in [5.41, 5.74) is 2.48. The lowest BCUT2D eigenvalue weighted by Gasteiger charge is -2.09. The molecule has 6 nitrogen and oxygen atoms in total. The van der Waals surface area contributed by atoms with Gasteiger partial charge >= 0.3 is 0 Å². The summed E-state index contributed by atoms with van der Waals surface area (Å²) >= 11 is 0. The van der Waals surface area contributed by atoms with Crippen molar-refractivity contribution < 1.29 is 9.18 Å². The van der Waals surface area contributed by atoms with Crippen molar-refractivity contribution in [2.45, 2.75) is 6.92 Å². The number of H-pyrrole nitrogens is 1. The van der Waals surface area contributed by atoms with E-state index < -0.39 is 0 Å². The third-order valence-electron chi connectivity index (χ3n) is 3.71. The number of aromatic amines is 1. The lowest BCUT2D eigenvalue weighted by molar-refractivity contribution is 0.0956.